The Bertz CT molecular complexity index is 756. The highest BCUT2D eigenvalue weighted by Crippen LogP contribution is 2.23. The first-order valence-electron chi connectivity index (χ1n) is 8.21. The Labute approximate surface area is 152 Å². The standard InChI is InChI=1S/C16H24N2O7S/c1-16(2,3)25-15(20)17-11-7-9-18(10-8-11)26(21,22)13-6-5-12(24-13)14(19)23-4/h5-6,11H,7-10H2,1-4H3,(H,17,20). The van der Waals surface area contributed by atoms with Gasteiger partial charge < -0.3 is 19.2 Å². The predicted octanol–water partition coefficient (Wildman–Crippen LogP) is 1.74. The van der Waals surface area contributed by atoms with E-state index in [9.17, 15) is 18.0 Å². The van der Waals surface area contributed by atoms with Gasteiger partial charge in [0.2, 0.25) is 10.9 Å². The number of esters is 1. The molecule has 0 saturated carbocycles. The number of hydrogen-bond acceptors (Lipinski definition) is 7. The van der Waals surface area contributed by atoms with Crippen molar-refractivity contribution in [2.24, 2.45) is 0 Å². The van der Waals surface area contributed by atoms with Crippen LogP contribution in [0.15, 0.2) is 21.6 Å². The van der Waals surface area contributed by atoms with Crippen molar-refractivity contribution in [3.05, 3.63) is 17.9 Å². The molecule has 1 aliphatic rings. The highest BCUT2D eigenvalue weighted by Gasteiger charge is 2.33. The van der Waals surface area contributed by atoms with Crippen molar-refractivity contribution in [3.8, 4) is 0 Å². The van der Waals surface area contributed by atoms with E-state index in [1.165, 1.54) is 23.5 Å². The van der Waals surface area contributed by atoms with Gasteiger partial charge in [0.15, 0.2) is 0 Å². The van der Waals surface area contributed by atoms with Crippen LogP contribution in [-0.2, 0) is 19.5 Å². The SMILES string of the molecule is COC(=O)c1ccc(S(=O)(=O)N2CCC(NC(=O)OC(C)(C)C)CC2)o1. The molecule has 1 saturated heterocycles. The highest BCUT2D eigenvalue weighted by molar-refractivity contribution is 7.89. The smallest absolute Gasteiger partial charge is 0.407 e. The van der Waals surface area contributed by atoms with Crippen molar-refractivity contribution in [1.82, 2.24) is 9.62 Å². The van der Waals surface area contributed by atoms with Crippen LogP contribution in [0.4, 0.5) is 4.79 Å². The van der Waals surface area contributed by atoms with Crippen molar-refractivity contribution in [2.75, 3.05) is 20.2 Å². The summed E-state index contributed by atoms with van der Waals surface area (Å²) in [6, 6.07) is 2.32. The number of amides is 1. The van der Waals surface area contributed by atoms with Gasteiger partial charge in [-0.1, -0.05) is 0 Å². The second-order valence-electron chi connectivity index (χ2n) is 6.93. The molecule has 1 N–H and O–H groups in total. The summed E-state index contributed by atoms with van der Waals surface area (Å²) in [6.07, 6.45) is 0.374. The average Bonchev–Trinajstić information content (AvgIpc) is 3.03. The molecule has 0 aromatic carbocycles. The first-order valence-corrected chi connectivity index (χ1v) is 9.65. The normalized spacial score (nSPS) is 16.9. The van der Waals surface area contributed by atoms with Crippen molar-refractivity contribution in [1.29, 1.82) is 0 Å². The minimum Gasteiger partial charge on any atom is -0.463 e. The molecule has 1 aliphatic heterocycles. The van der Waals surface area contributed by atoms with Gasteiger partial charge in [0.25, 0.3) is 10.0 Å². The van der Waals surface area contributed by atoms with Crippen LogP contribution in [0.1, 0.15) is 44.2 Å². The minimum absolute atomic E-state index is 0.168. The Kier molecular flexibility index (Phi) is 5.97. The third kappa shape index (κ3) is 4.98. The molecule has 0 aliphatic carbocycles. The van der Waals surface area contributed by atoms with Gasteiger partial charge in [0, 0.05) is 19.1 Å². The van der Waals surface area contributed by atoms with E-state index >= 15 is 0 Å². The number of alkyl carbamates (subject to hydrolysis) is 1. The molecular formula is C16H24N2O7S. The van der Waals surface area contributed by atoms with E-state index in [2.05, 4.69) is 10.1 Å². The van der Waals surface area contributed by atoms with Gasteiger partial charge in [-0.05, 0) is 45.7 Å². The minimum atomic E-state index is -3.85. The van der Waals surface area contributed by atoms with Crippen molar-refractivity contribution >= 4 is 22.1 Å². The largest absolute Gasteiger partial charge is 0.463 e. The molecule has 1 fully saturated rings. The maximum Gasteiger partial charge on any atom is 0.407 e. The fourth-order valence-corrected chi connectivity index (χ4v) is 3.89. The van der Waals surface area contributed by atoms with E-state index in [-0.39, 0.29) is 30.0 Å². The van der Waals surface area contributed by atoms with E-state index in [4.69, 9.17) is 9.15 Å². The fourth-order valence-electron chi connectivity index (χ4n) is 2.51. The molecular weight excluding hydrogens is 364 g/mol. The van der Waals surface area contributed by atoms with Crippen molar-refractivity contribution in [2.45, 2.75) is 50.3 Å². The summed E-state index contributed by atoms with van der Waals surface area (Å²) < 4.78 is 41.3. The summed E-state index contributed by atoms with van der Waals surface area (Å²) in [7, 11) is -2.67. The zero-order valence-electron chi connectivity index (χ0n) is 15.3. The Morgan fingerprint density at radius 2 is 1.85 bits per heavy atom. The third-order valence-electron chi connectivity index (χ3n) is 3.74. The summed E-state index contributed by atoms with van der Waals surface area (Å²) >= 11 is 0. The van der Waals surface area contributed by atoms with Crippen LogP contribution in [0.2, 0.25) is 0 Å². The van der Waals surface area contributed by atoms with E-state index in [1.807, 2.05) is 0 Å². The quantitative estimate of drug-likeness (QED) is 0.781. The summed E-state index contributed by atoms with van der Waals surface area (Å²) in [5.74, 6) is -0.917. The van der Waals surface area contributed by atoms with Crippen LogP contribution < -0.4 is 5.32 Å². The second kappa shape index (κ2) is 7.67. The maximum atomic E-state index is 12.6. The van der Waals surface area contributed by atoms with Gasteiger partial charge in [-0.3, -0.25) is 0 Å². The number of carbonyl (C=O) groups is 2. The molecule has 9 nitrogen and oxygen atoms in total. The average molecular weight is 388 g/mol. The van der Waals surface area contributed by atoms with Crippen LogP contribution in [0.25, 0.3) is 0 Å². The lowest BCUT2D eigenvalue weighted by molar-refractivity contribution is 0.0488. The lowest BCUT2D eigenvalue weighted by Gasteiger charge is -2.31. The van der Waals surface area contributed by atoms with Gasteiger partial charge in [-0.2, -0.15) is 4.31 Å². The molecule has 1 aromatic rings. The summed E-state index contributed by atoms with van der Waals surface area (Å²) in [6.45, 7) is 5.75. The summed E-state index contributed by atoms with van der Waals surface area (Å²) in [4.78, 5) is 23.2. The van der Waals surface area contributed by atoms with Gasteiger partial charge in [-0.15, -0.1) is 0 Å². The van der Waals surface area contributed by atoms with Gasteiger partial charge in [-0.25, -0.2) is 18.0 Å². The van der Waals surface area contributed by atoms with Crippen LogP contribution in [-0.4, -0.2) is 56.6 Å². The summed E-state index contributed by atoms with van der Waals surface area (Å²) in [5, 5.41) is 2.44. The Balaban J connectivity index is 1.95. The van der Waals surface area contributed by atoms with E-state index in [0.29, 0.717) is 12.8 Å². The molecule has 0 atom stereocenters. The predicted molar refractivity (Wildman–Crippen MR) is 91.2 cm³/mol. The van der Waals surface area contributed by atoms with E-state index in [1.54, 1.807) is 20.8 Å². The fraction of sp³-hybridized carbons (Fsp3) is 0.625. The zero-order chi connectivity index (χ0) is 19.5. The number of rotatable bonds is 4. The Hall–Kier alpha value is -2.07. The Morgan fingerprint density at radius 1 is 1.23 bits per heavy atom. The van der Waals surface area contributed by atoms with Crippen molar-refractivity contribution in [3.63, 3.8) is 0 Å². The number of piperidine rings is 1. The molecule has 1 aromatic heterocycles. The number of ether oxygens (including phenoxy) is 2. The first-order chi connectivity index (χ1) is 12.0. The van der Waals surface area contributed by atoms with Gasteiger partial charge in [0.05, 0.1) is 7.11 Å². The number of sulfonamides is 1. The molecule has 0 unspecified atom stereocenters. The molecule has 2 rings (SSSR count). The number of methoxy groups -OCH3 is 1. The van der Waals surface area contributed by atoms with Crippen LogP contribution >= 0.6 is 0 Å². The zero-order valence-corrected chi connectivity index (χ0v) is 16.1. The molecule has 0 radical (unpaired) electrons. The van der Waals surface area contributed by atoms with Crippen LogP contribution in [0, 0.1) is 0 Å². The molecule has 0 bridgehead atoms. The molecule has 146 valence electrons. The second-order valence-corrected chi connectivity index (χ2v) is 8.80. The molecule has 1 amide bonds. The highest BCUT2D eigenvalue weighted by atomic mass is 32.2. The number of nitrogens with zero attached hydrogens (tertiary/aromatic N) is 1. The van der Waals surface area contributed by atoms with E-state index < -0.39 is 27.7 Å². The van der Waals surface area contributed by atoms with Gasteiger partial charge >= 0.3 is 12.1 Å². The molecule has 2 heterocycles. The van der Waals surface area contributed by atoms with Crippen molar-refractivity contribution < 1.29 is 31.9 Å². The number of carbonyl (C=O) groups excluding carboxylic acids is 2. The topological polar surface area (TPSA) is 115 Å². The lowest BCUT2D eigenvalue weighted by Crippen LogP contribution is -2.47. The van der Waals surface area contributed by atoms with Crippen LogP contribution in [0.3, 0.4) is 0 Å². The van der Waals surface area contributed by atoms with E-state index in [0.717, 1.165) is 0 Å². The lowest BCUT2D eigenvalue weighted by atomic mass is 10.1. The Morgan fingerprint density at radius 3 is 2.38 bits per heavy atom. The summed E-state index contributed by atoms with van der Waals surface area (Å²) in [5.41, 5.74) is -0.593. The molecule has 0 spiro atoms. The third-order valence-corrected chi connectivity index (χ3v) is 5.51. The van der Waals surface area contributed by atoms with Crippen LogP contribution in [0.5, 0.6) is 0 Å². The number of hydrogen-bond donors (Lipinski definition) is 1. The number of furan rings is 1. The van der Waals surface area contributed by atoms with Gasteiger partial charge in [0.1, 0.15) is 5.60 Å². The number of nitrogens with one attached hydrogen (secondary N) is 1. The molecule has 26 heavy (non-hydrogen) atoms. The molecule has 10 heteroatoms. The monoisotopic (exact) mass is 388 g/mol. The maximum absolute atomic E-state index is 12.6. The first kappa shape index (κ1) is 20.2.